The van der Waals surface area contributed by atoms with E-state index in [1.807, 2.05) is 11.6 Å². The summed E-state index contributed by atoms with van der Waals surface area (Å²) in [6.45, 7) is 2.65. The van der Waals surface area contributed by atoms with Gasteiger partial charge in [0.2, 0.25) is 5.91 Å². The van der Waals surface area contributed by atoms with Crippen molar-refractivity contribution in [3.63, 3.8) is 0 Å². The first kappa shape index (κ1) is 22.6. The minimum atomic E-state index is -0.156. The van der Waals surface area contributed by atoms with Crippen LogP contribution < -0.4 is 10.6 Å². The third-order valence-corrected chi connectivity index (χ3v) is 6.73. The largest absolute Gasteiger partial charge is 0.352 e. The minimum absolute atomic E-state index is 0.0403. The molecule has 0 spiro atoms. The van der Waals surface area contributed by atoms with Crippen LogP contribution in [-0.2, 0) is 18.3 Å². The van der Waals surface area contributed by atoms with Gasteiger partial charge in [-0.25, -0.2) is 0 Å². The highest BCUT2D eigenvalue weighted by atomic mass is 35.5. The first-order valence-electron chi connectivity index (χ1n) is 10.3. The summed E-state index contributed by atoms with van der Waals surface area (Å²) >= 11 is 7.23. The molecule has 1 heterocycles. The number of benzene rings is 1. The van der Waals surface area contributed by atoms with Crippen LogP contribution >= 0.6 is 23.4 Å². The van der Waals surface area contributed by atoms with Gasteiger partial charge in [0.05, 0.1) is 5.75 Å². The SMILES string of the molecule is CC1CCCCC1NC(=O)CSc1nnc(CCNC(=O)c2ccc(Cl)cc2)n1C. The normalized spacial score (nSPS) is 18.8. The van der Waals surface area contributed by atoms with E-state index < -0.39 is 0 Å². The van der Waals surface area contributed by atoms with Crippen molar-refractivity contribution in [3.05, 3.63) is 40.7 Å². The number of carbonyl (C=O) groups excluding carboxylic acids is 2. The van der Waals surface area contributed by atoms with Crippen LogP contribution in [0.5, 0.6) is 0 Å². The first-order chi connectivity index (χ1) is 14.4. The summed E-state index contributed by atoms with van der Waals surface area (Å²) in [7, 11) is 1.87. The molecule has 2 N–H and O–H groups in total. The molecule has 1 aromatic carbocycles. The Balaban J connectivity index is 1.43. The fourth-order valence-electron chi connectivity index (χ4n) is 3.59. The topological polar surface area (TPSA) is 88.9 Å². The molecule has 0 bridgehead atoms. The lowest BCUT2D eigenvalue weighted by atomic mass is 9.86. The number of nitrogens with one attached hydrogen (secondary N) is 2. The van der Waals surface area contributed by atoms with Crippen molar-refractivity contribution >= 4 is 35.2 Å². The van der Waals surface area contributed by atoms with Crippen LogP contribution in [0.4, 0.5) is 0 Å². The number of carbonyl (C=O) groups is 2. The summed E-state index contributed by atoms with van der Waals surface area (Å²) in [5.41, 5.74) is 0.562. The van der Waals surface area contributed by atoms with Gasteiger partial charge in [0.15, 0.2) is 5.16 Å². The number of halogens is 1. The highest BCUT2D eigenvalue weighted by molar-refractivity contribution is 7.99. The molecule has 1 aliphatic carbocycles. The Morgan fingerprint density at radius 2 is 1.93 bits per heavy atom. The van der Waals surface area contributed by atoms with Gasteiger partial charge < -0.3 is 15.2 Å². The third kappa shape index (κ3) is 6.22. The number of thioether (sulfide) groups is 1. The quantitative estimate of drug-likeness (QED) is 0.604. The molecule has 3 rings (SSSR count). The van der Waals surface area contributed by atoms with E-state index >= 15 is 0 Å². The van der Waals surface area contributed by atoms with Crippen molar-refractivity contribution in [2.75, 3.05) is 12.3 Å². The van der Waals surface area contributed by atoms with E-state index in [2.05, 4.69) is 27.8 Å². The van der Waals surface area contributed by atoms with Crippen LogP contribution in [0.25, 0.3) is 0 Å². The van der Waals surface area contributed by atoms with Gasteiger partial charge >= 0.3 is 0 Å². The first-order valence-corrected chi connectivity index (χ1v) is 11.6. The van der Waals surface area contributed by atoms with E-state index in [9.17, 15) is 9.59 Å². The second-order valence-electron chi connectivity index (χ2n) is 7.70. The van der Waals surface area contributed by atoms with Crippen LogP contribution in [-0.4, -0.2) is 44.9 Å². The third-order valence-electron chi connectivity index (χ3n) is 5.46. The summed E-state index contributed by atoms with van der Waals surface area (Å²) in [6, 6.07) is 7.04. The molecule has 1 fully saturated rings. The fraction of sp³-hybridized carbons (Fsp3) is 0.524. The molecule has 0 saturated heterocycles. The molecule has 0 aliphatic heterocycles. The van der Waals surface area contributed by atoms with Gasteiger partial charge in [0.25, 0.3) is 5.91 Å². The van der Waals surface area contributed by atoms with Crippen LogP contribution in [0.1, 0.15) is 48.8 Å². The van der Waals surface area contributed by atoms with Gasteiger partial charge in [0, 0.05) is 36.6 Å². The smallest absolute Gasteiger partial charge is 0.251 e. The molecule has 2 aromatic rings. The Kier molecular flexibility index (Phi) is 8.16. The average Bonchev–Trinajstić information content (AvgIpc) is 3.08. The maximum atomic E-state index is 12.3. The Hall–Kier alpha value is -2.06. The van der Waals surface area contributed by atoms with E-state index in [-0.39, 0.29) is 17.9 Å². The van der Waals surface area contributed by atoms with Crippen molar-refractivity contribution in [2.45, 2.75) is 50.2 Å². The minimum Gasteiger partial charge on any atom is -0.352 e. The number of aromatic nitrogens is 3. The molecule has 7 nitrogen and oxygen atoms in total. The Morgan fingerprint density at radius 1 is 1.20 bits per heavy atom. The van der Waals surface area contributed by atoms with Gasteiger partial charge in [-0.05, 0) is 43.0 Å². The lowest BCUT2D eigenvalue weighted by Crippen LogP contribution is -2.41. The zero-order chi connectivity index (χ0) is 21.5. The summed E-state index contributed by atoms with van der Waals surface area (Å²) < 4.78 is 1.87. The van der Waals surface area contributed by atoms with Gasteiger partial charge in [-0.1, -0.05) is 43.1 Å². The molecule has 162 valence electrons. The number of nitrogens with zero attached hydrogens (tertiary/aromatic N) is 3. The monoisotopic (exact) mass is 449 g/mol. The lowest BCUT2D eigenvalue weighted by Gasteiger charge is -2.29. The molecule has 0 radical (unpaired) electrons. The summed E-state index contributed by atoms with van der Waals surface area (Å²) in [5.74, 6) is 1.51. The zero-order valence-electron chi connectivity index (χ0n) is 17.4. The van der Waals surface area contributed by atoms with Crippen molar-refractivity contribution in [3.8, 4) is 0 Å². The molecular formula is C21H28ClN5O2S. The number of hydrogen-bond acceptors (Lipinski definition) is 5. The molecule has 2 atom stereocenters. The van der Waals surface area contributed by atoms with Crippen LogP contribution in [0.3, 0.4) is 0 Å². The molecule has 1 aliphatic rings. The summed E-state index contributed by atoms with van der Waals surface area (Å²) in [4.78, 5) is 24.5. The van der Waals surface area contributed by atoms with Crippen molar-refractivity contribution in [1.82, 2.24) is 25.4 Å². The van der Waals surface area contributed by atoms with E-state index in [0.717, 1.165) is 12.2 Å². The highest BCUT2D eigenvalue weighted by Crippen LogP contribution is 2.24. The molecule has 2 amide bonds. The number of amides is 2. The average molecular weight is 450 g/mol. The van der Waals surface area contributed by atoms with Gasteiger partial charge in [-0.3, -0.25) is 9.59 Å². The summed E-state index contributed by atoms with van der Waals surface area (Å²) in [5, 5.41) is 15.7. The Bertz CT molecular complexity index is 871. The lowest BCUT2D eigenvalue weighted by molar-refractivity contribution is -0.119. The molecule has 30 heavy (non-hydrogen) atoms. The van der Waals surface area contributed by atoms with E-state index in [0.29, 0.717) is 40.4 Å². The van der Waals surface area contributed by atoms with Crippen molar-refractivity contribution < 1.29 is 9.59 Å². The second-order valence-corrected chi connectivity index (χ2v) is 9.07. The van der Waals surface area contributed by atoms with E-state index in [4.69, 9.17) is 11.6 Å². The predicted molar refractivity (Wildman–Crippen MR) is 119 cm³/mol. The molecular weight excluding hydrogens is 422 g/mol. The van der Waals surface area contributed by atoms with Crippen LogP contribution in [0.15, 0.2) is 29.4 Å². The molecule has 1 saturated carbocycles. The van der Waals surface area contributed by atoms with Crippen LogP contribution in [0, 0.1) is 5.92 Å². The fourth-order valence-corrected chi connectivity index (χ4v) is 4.46. The molecule has 1 aromatic heterocycles. The summed E-state index contributed by atoms with van der Waals surface area (Å²) in [6.07, 6.45) is 5.23. The zero-order valence-corrected chi connectivity index (χ0v) is 18.9. The van der Waals surface area contributed by atoms with Crippen LogP contribution in [0.2, 0.25) is 5.02 Å². The molecule has 2 unspecified atom stereocenters. The van der Waals surface area contributed by atoms with E-state index in [1.165, 1.54) is 31.0 Å². The maximum Gasteiger partial charge on any atom is 0.251 e. The van der Waals surface area contributed by atoms with Gasteiger partial charge in [0.1, 0.15) is 5.82 Å². The Morgan fingerprint density at radius 3 is 2.67 bits per heavy atom. The molecule has 9 heteroatoms. The van der Waals surface area contributed by atoms with Crippen molar-refractivity contribution in [1.29, 1.82) is 0 Å². The number of hydrogen-bond donors (Lipinski definition) is 2. The van der Waals surface area contributed by atoms with Gasteiger partial charge in [-0.2, -0.15) is 0 Å². The Labute approximate surface area is 186 Å². The van der Waals surface area contributed by atoms with Gasteiger partial charge in [-0.15, -0.1) is 10.2 Å². The van der Waals surface area contributed by atoms with Crippen molar-refractivity contribution in [2.24, 2.45) is 13.0 Å². The van der Waals surface area contributed by atoms with E-state index in [1.54, 1.807) is 24.3 Å². The highest BCUT2D eigenvalue weighted by Gasteiger charge is 2.23. The second kappa shape index (κ2) is 10.8. The predicted octanol–water partition coefficient (Wildman–Crippen LogP) is 3.23. The maximum absolute atomic E-state index is 12.3. The standard InChI is InChI=1S/C21H28ClN5O2S/c1-14-5-3-4-6-17(14)24-19(28)13-30-21-26-25-18(27(21)2)11-12-23-20(29)15-7-9-16(22)10-8-15/h7-10,14,17H,3-6,11-13H2,1-2H3,(H,23,29)(H,24,28). The number of rotatable bonds is 8.